The standard InChI is InChI=1S/C13H15N3O.C7H13NO.C6H3ClN2.H2S/c14-5-9-1-4-12(15-6-9)16-7-10-2-3-11(8-16)13(10)17;9-7-5-1-2-6(7)4-8-3-5;7-6-2-1-5(3-8)4-9-6;/h1,4,6,10-11,13,17H,2-3,7-8H2;5-9H,1-4H2;1-2,4H;1H2/t10-,11+,13?;5-,6+,7?;;. The molecule has 0 aromatic carbocycles. The van der Waals surface area contributed by atoms with Crippen molar-refractivity contribution >= 4 is 30.9 Å². The Hall–Kier alpha value is -2.40. The lowest BCUT2D eigenvalue weighted by atomic mass is 9.95. The third-order valence-corrected chi connectivity index (χ3v) is 7.75. The van der Waals surface area contributed by atoms with Crippen LogP contribution in [0.15, 0.2) is 36.7 Å². The number of hydrogen-bond donors (Lipinski definition) is 3. The van der Waals surface area contributed by atoms with Crippen molar-refractivity contribution in [1.29, 1.82) is 10.5 Å². The van der Waals surface area contributed by atoms with Gasteiger partial charge in [0.05, 0.1) is 23.3 Å². The Morgan fingerprint density at radius 3 is 1.75 bits per heavy atom. The molecule has 4 aliphatic rings. The van der Waals surface area contributed by atoms with Gasteiger partial charge in [0.1, 0.15) is 23.1 Å². The fourth-order valence-electron chi connectivity index (χ4n) is 5.52. The van der Waals surface area contributed by atoms with E-state index in [-0.39, 0.29) is 25.7 Å². The largest absolute Gasteiger partial charge is 0.392 e. The summed E-state index contributed by atoms with van der Waals surface area (Å²) in [6, 6.07) is 10.9. The zero-order chi connectivity index (χ0) is 24.8. The lowest BCUT2D eigenvalue weighted by Gasteiger charge is -2.36. The molecule has 0 radical (unpaired) electrons. The summed E-state index contributed by atoms with van der Waals surface area (Å²) in [4.78, 5) is 10.2. The second-order valence-electron chi connectivity index (χ2n) is 9.74. The first kappa shape index (κ1) is 28.2. The second-order valence-corrected chi connectivity index (χ2v) is 10.1. The maximum atomic E-state index is 9.97. The van der Waals surface area contributed by atoms with E-state index in [2.05, 4.69) is 26.3 Å². The van der Waals surface area contributed by atoms with E-state index >= 15 is 0 Å². The van der Waals surface area contributed by atoms with Gasteiger partial charge in [0.25, 0.3) is 0 Å². The van der Waals surface area contributed by atoms with Gasteiger partial charge < -0.3 is 20.4 Å². The number of rotatable bonds is 1. The third-order valence-electron chi connectivity index (χ3n) is 7.53. The van der Waals surface area contributed by atoms with Crippen LogP contribution >= 0.6 is 25.1 Å². The minimum absolute atomic E-state index is 0. The molecule has 0 spiro atoms. The molecule has 4 heterocycles. The van der Waals surface area contributed by atoms with Crippen LogP contribution in [-0.2, 0) is 0 Å². The molecule has 36 heavy (non-hydrogen) atoms. The molecule has 2 saturated heterocycles. The van der Waals surface area contributed by atoms with Gasteiger partial charge in [0.15, 0.2) is 0 Å². The number of aliphatic hydroxyl groups is 2. The third kappa shape index (κ3) is 6.88. The number of pyridine rings is 2. The molecule has 3 N–H and O–H groups in total. The van der Waals surface area contributed by atoms with Gasteiger partial charge in [-0.25, -0.2) is 9.97 Å². The highest BCUT2D eigenvalue weighted by Gasteiger charge is 2.41. The summed E-state index contributed by atoms with van der Waals surface area (Å²) in [7, 11) is 0. The molecule has 10 heteroatoms. The Labute approximate surface area is 224 Å². The number of halogens is 1. The number of fused-ring (bicyclic) bond motifs is 4. The smallest absolute Gasteiger partial charge is 0.129 e. The van der Waals surface area contributed by atoms with Gasteiger partial charge in [-0.2, -0.15) is 24.0 Å². The molecule has 8 nitrogen and oxygen atoms in total. The first-order valence-electron chi connectivity index (χ1n) is 12.2. The normalized spacial score (nSPS) is 29.3. The molecular formula is C26H33ClN6O2S. The summed E-state index contributed by atoms with van der Waals surface area (Å²) in [6.07, 6.45) is 7.66. The molecule has 192 valence electrons. The van der Waals surface area contributed by atoms with Gasteiger partial charge in [0.2, 0.25) is 0 Å². The number of aromatic nitrogens is 2. The molecular weight excluding hydrogens is 496 g/mol. The highest BCUT2D eigenvalue weighted by Crippen LogP contribution is 2.38. The highest BCUT2D eigenvalue weighted by molar-refractivity contribution is 7.59. The SMILES string of the molecule is N#Cc1ccc(Cl)nc1.N#Cc1ccc(N2C[C@H]3CC[C@@H](C2)C3O)nc1.OC1[C@@H]2CC[C@H]1CNC2.S. The molecule has 2 saturated carbocycles. The fraction of sp³-hybridized carbons (Fsp3) is 0.538. The van der Waals surface area contributed by atoms with Crippen molar-refractivity contribution in [3.8, 4) is 12.1 Å². The topological polar surface area (TPSA) is 129 Å². The van der Waals surface area contributed by atoms with Crippen molar-refractivity contribution in [3.05, 3.63) is 52.9 Å². The van der Waals surface area contributed by atoms with Crippen LogP contribution in [0.25, 0.3) is 0 Å². The van der Waals surface area contributed by atoms with Gasteiger partial charge in [-0.15, -0.1) is 0 Å². The molecule has 4 bridgehead atoms. The van der Waals surface area contributed by atoms with Crippen LogP contribution in [0.4, 0.5) is 5.82 Å². The number of anilines is 1. The average Bonchev–Trinajstić information content (AvgIpc) is 3.20. The number of piperidine rings is 2. The number of nitrogens with one attached hydrogen (secondary N) is 1. The average molecular weight is 529 g/mol. The lowest BCUT2D eigenvalue weighted by Crippen LogP contribution is -2.45. The van der Waals surface area contributed by atoms with E-state index in [1.807, 2.05) is 12.1 Å². The van der Waals surface area contributed by atoms with E-state index in [9.17, 15) is 10.2 Å². The van der Waals surface area contributed by atoms with Crippen molar-refractivity contribution in [2.24, 2.45) is 23.7 Å². The van der Waals surface area contributed by atoms with E-state index in [0.717, 1.165) is 44.8 Å². The Morgan fingerprint density at radius 2 is 1.31 bits per heavy atom. The van der Waals surface area contributed by atoms with Crippen molar-refractivity contribution in [3.63, 3.8) is 0 Å². The van der Waals surface area contributed by atoms with Crippen LogP contribution in [0.5, 0.6) is 0 Å². The Kier molecular flexibility index (Phi) is 10.4. The summed E-state index contributed by atoms with van der Waals surface area (Å²) in [5.74, 6) is 2.86. The number of nitrogens with zero attached hydrogens (tertiary/aromatic N) is 5. The Morgan fingerprint density at radius 1 is 0.806 bits per heavy atom. The molecule has 2 aromatic heterocycles. The van der Waals surface area contributed by atoms with Crippen LogP contribution in [-0.4, -0.2) is 58.6 Å². The van der Waals surface area contributed by atoms with Crippen LogP contribution in [0.1, 0.15) is 36.8 Å². The van der Waals surface area contributed by atoms with E-state index in [1.54, 1.807) is 24.4 Å². The maximum absolute atomic E-state index is 9.97. The van der Waals surface area contributed by atoms with E-state index < -0.39 is 0 Å². The minimum Gasteiger partial charge on any atom is -0.392 e. The van der Waals surface area contributed by atoms with Crippen molar-refractivity contribution in [1.82, 2.24) is 15.3 Å². The van der Waals surface area contributed by atoms with Crippen molar-refractivity contribution in [2.75, 3.05) is 31.1 Å². The minimum atomic E-state index is -0.121. The molecule has 2 aromatic rings. The summed E-state index contributed by atoms with van der Waals surface area (Å²) in [6.45, 7) is 3.85. The van der Waals surface area contributed by atoms with E-state index in [0.29, 0.717) is 40.0 Å². The summed E-state index contributed by atoms with van der Waals surface area (Å²) >= 11 is 5.45. The van der Waals surface area contributed by atoms with Gasteiger partial charge >= 0.3 is 0 Å². The predicted molar refractivity (Wildman–Crippen MR) is 143 cm³/mol. The predicted octanol–water partition coefficient (Wildman–Crippen LogP) is 2.86. The van der Waals surface area contributed by atoms with Gasteiger partial charge in [-0.3, -0.25) is 0 Å². The number of aliphatic hydroxyl groups excluding tert-OH is 2. The van der Waals surface area contributed by atoms with Crippen LogP contribution in [0, 0.1) is 46.3 Å². The van der Waals surface area contributed by atoms with E-state index in [1.165, 1.54) is 19.0 Å². The summed E-state index contributed by atoms with van der Waals surface area (Å²) in [5, 5.41) is 40.2. The molecule has 4 fully saturated rings. The quantitative estimate of drug-likeness (QED) is 0.482. The molecule has 2 aliphatic heterocycles. The van der Waals surface area contributed by atoms with E-state index in [4.69, 9.17) is 22.1 Å². The number of hydrogen-bond acceptors (Lipinski definition) is 8. The van der Waals surface area contributed by atoms with Crippen LogP contribution in [0.2, 0.25) is 5.15 Å². The maximum Gasteiger partial charge on any atom is 0.129 e. The molecule has 0 amide bonds. The van der Waals surface area contributed by atoms with Gasteiger partial charge in [0, 0.05) is 50.4 Å². The lowest BCUT2D eigenvalue weighted by molar-refractivity contribution is 0.0700. The summed E-state index contributed by atoms with van der Waals surface area (Å²) in [5.41, 5.74) is 1.12. The van der Waals surface area contributed by atoms with Crippen molar-refractivity contribution < 1.29 is 10.2 Å². The summed E-state index contributed by atoms with van der Waals surface area (Å²) < 4.78 is 0. The number of nitriles is 2. The fourth-order valence-corrected chi connectivity index (χ4v) is 5.63. The highest BCUT2D eigenvalue weighted by atomic mass is 35.5. The molecule has 2 aliphatic carbocycles. The zero-order valence-electron chi connectivity index (χ0n) is 20.1. The molecule has 6 atom stereocenters. The monoisotopic (exact) mass is 528 g/mol. The Balaban J connectivity index is 0.000000162. The molecule has 2 unspecified atom stereocenters. The molecule has 6 rings (SSSR count). The first-order valence-corrected chi connectivity index (χ1v) is 12.6. The van der Waals surface area contributed by atoms with Crippen molar-refractivity contribution in [2.45, 2.75) is 37.9 Å². The Bertz CT molecular complexity index is 1030. The van der Waals surface area contributed by atoms with Gasteiger partial charge in [-0.1, -0.05) is 11.6 Å². The first-order chi connectivity index (χ1) is 17.0. The second kappa shape index (κ2) is 13.2. The van der Waals surface area contributed by atoms with Crippen LogP contribution < -0.4 is 10.2 Å². The van der Waals surface area contributed by atoms with Gasteiger partial charge in [-0.05, 0) is 61.8 Å². The zero-order valence-corrected chi connectivity index (χ0v) is 21.8. The van der Waals surface area contributed by atoms with Crippen LogP contribution in [0.3, 0.4) is 0 Å².